The predicted molar refractivity (Wildman–Crippen MR) is 74.2 cm³/mol. The SMILES string of the molecule is COc1ccc(N(C)CCCC(C)N)c(Cl)c1. The third-order valence-electron chi connectivity index (χ3n) is 2.72. The molecule has 0 aliphatic rings. The molecule has 0 aliphatic carbocycles. The summed E-state index contributed by atoms with van der Waals surface area (Å²) < 4.78 is 5.12. The summed E-state index contributed by atoms with van der Waals surface area (Å²) in [6.07, 6.45) is 2.09. The van der Waals surface area contributed by atoms with Gasteiger partial charge in [0.25, 0.3) is 0 Å². The fourth-order valence-electron chi connectivity index (χ4n) is 1.70. The smallest absolute Gasteiger partial charge is 0.120 e. The van der Waals surface area contributed by atoms with E-state index in [-0.39, 0.29) is 6.04 Å². The van der Waals surface area contributed by atoms with E-state index in [1.807, 2.05) is 32.2 Å². The highest BCUT2D eigenvalue weighted by atomic mass is 35.5. The van der Waals surface area contributed by atoms with E-state index < -0.39 is 0 Å². The Hall–Kier alpha value is -0.930. The summed E-state index contributed by atoms with van der Waals surface area (Å²) in [6.45, 7) is 2.98. The molecule has 0 saturated heterocycles. The first-order chi connectivity index (χ1) is 8.04. The van der Waals surface area contributed by atoms with Gasteiger partial charge in [-0.1, -0.05) is 11.6 Å². The third kappa shape index (κ3) is 4.44. The average molecular weight is 257 g/mol. The number of methoxy groups -OCH3 is 1. The van der Waals surface area contributed by atoms with Crippen LogP contribution in [0.3, 0.4) is 0 Å². The van der Waals surface area contributed by atoms with Crippen molar-refractivity contribution in [2.45, 2.75) is 25.8 Å². The second-order valence-corrected chi connectivity index (χ2v) is 4.77. The molecule has 1 aromatic carbocycles. The quantitative estimate of drug-likeness (QED) is 0.851. The molecule has 0 radical (unpaired) electrons. The minimum absolute atomic E-state index is 0.259. The lowest BCUT2D eigenvalue weighted by molar-refractivity contribution is 0.415. The molecule has 96 valence electrons. The van der Waals surface area contributed by atoms with Crippen LogP contribution in [0.25, 0.3) is 0 Å². The minimum Gasteiger partial charge on any atom is -0.497 e. The summed E-state index contributed by atoms with van der Waals surface area (Å²) in [4.78, 5) is 2.14. The van der Waals surface area contributed by atoms with Crippen LogP contribution in [0.5, 0.6) is 5.75 Å². The van der Waals surface area contributed by atoms with Crippen LogP contribution in [0, 0.1) is 0 Å². The largest absolute Gasteiger partial charge is 0.497 e. The van der Waals surface area contributed by atoms with Gasteiger partial charge in [-0.3, -0.25) is 0 Å². The molecule has 0 fully saturated rings. The van der Waals surface area contributed by atoms with Crippen molar-refractivity contribution in [3.63, 3.8) is 0 Å². The molecule has 1 aromatic rings. The Bertz CT molecular complexity index is 355. The Balaban J connectivity index is 2.59. The van der Waals surface area contributed by atoms with Crippen molar-refractivity contribution in [1.82, 2.24) is 0 Å². The summed E-state index contributed by atoms with van der Waals surface area (Å²) in [7, 11) is 3.67. The zero-order chi connectivity index (χ0) is 12.8. The monoisotopic (exact) mass is 256 g/mol. The molecule has 17 heavy (non-hydrogen) atoms. The summed E-state index contributed by atoms with van der Waals surface area (Å²) in [5.41, 5.74) is 6.75. The van der Waals surface area contributed by atoms with Gasteiger partial charge < -0.3 is 15.4 Å². The first-order valence-corrected chi connectivity index (χ1v) is 6.22. The molecule has 4 heteroatoms. The molecule has 0 aromatic heterocycles. The number of halogens is 1. The normalized spacial score (nSPS) is 12.3. The number of benzene rings is 1. The van der Waals surface area contributed by atoms with Gasteiger partial charge in [0.1, 0.15) is 5.75 Å². The van der Waals surface area contributed by atoms with Gasteiger partial charge in [0.05, 0.1) is 17.8 Å². The molecule has 0 amide bonds. The van der Waals surface area contributed by atoms with E-state index in [4.69, 9.17) is 22.1 Å². The molecule has 0 bridgehead atoms. The Labute approximate surface area is 109 Å². The van der Waals surface area contributed by atoms with Crippen molar-refractivity contribution in [2.24, 2.45) is 5.73 Å². The number of rotatable bonds is 6. The van der Waals surface area contributed by atoms with Crippen molar-refractivity contribution in [1.29, 1.82) is 0 Å². The van der Waals surface area contributed by atoms with E-state index in [0.717, 1.165) is 30.8 Å². The van der Waals surface area contributed by atoms with Crippen molar-refractivity contribution >= 4 is 17.3 Å². The van der Waals surface area contributed by atoms with Gasteiger partial charge in [-0.05, 0) is 31.9 Å². The van der Waals surface area contributed by atoms with Gasteiger partial charge in [0.15, 0.2) is 0 Å². The molecule has 2 N–H and O–H groups in total. The topological polar surface area (TPSA) is 38.5 Å². The Morgan fingerprint density at radius 3 is 2.71 bits per heavy atom. The van der Waals surface area contributed by atoms with Crippen LogP contribution in [0.15, 0.2) is 18.2 Å². The van der Waals surface area contributed by atoms with Crippen LogP contribution in [0.1, 0.15) is 19.8 Å². The highest BCUT2D eigenvalue weighted by Crippen LogP contribution is 2.29. The molecule has 1 atom stereocenters. The molecule has 0 aliphatic heterocycles. The van der Waals surface area contributed by atoms with Crippen LogP contribution < -0.4 is 15.4 Å². The molecule has 0 spiro atoms. The summed E-state index contributed by atoms with van der Waals surface area (Å²) in [6, 6.07) is 5.99. The summed E-state index contributed by atoms with van der Waals surface area (Å²) in [5, 5.41) is 0.715. The van der Waals surface area contributed by atoms with E-state index in [0.29, 0.717) is 5.02 Å². The maximum Gasteiger partial charge on any atom is 0.120 e. The molecule has 3 nitrogen and oxygen atoms in total. The molecular weight excluding hydrogens is 236 g/mol. The zero-order valence-electron chi connectivity index (χ0n) is 10.7. The van der Waals surface area contributed by atoms with Crippen LogP contribution >= 0.6 is 11.6 Å². The van der Waals surface area contributed by atoms with Gasteiger partial charge in [-0.2, -0.15) is 0 Å². The van der Waals surface area contributed by atoms with E-state index in [9.17, 15) is 0 Å². The average Bonchev–Trinajstić information content (AvgIpc) is 2.28. The summed E-state index contributed by atoms with van der Waals surface area (Å²) in [5.74, 6) is 0.780. The molecule has 0 saturated carbocycles. The van der Waals surface area contributed by atoms with Crippen LogP contribution in [-0.4, -0.2) is 26.7 Å². The lowest BCUT2D eigenvalue weighted by Gasteiger charge is -2.21. The van der Waals surface area contributed by atoms with Gasteiger partial charge in [-0.25, -0.2) is 0 Å². The van der Waals surface area contributed by atoms with E-state index >= 15 is 0 Å². The number of nitrogens with two attached hydrogens (primary N) is 1. The first-order valence-electron chi connectivity index (χ1n) is 5.85. The van der Waals surface area contributed by atoms with Gasteiger partial charge >= 0.3 is 0 Å². The van der Waals surface area contributed by atoms with Gasteiger partial charge in [-0.15, -0.1) is 0 Å². The van der Waals surface area contributed by atoms with E-state index in [2.05, 4.69) is 4.90 Å². The number of anilines is 1. The fourth-order valence-corrected chi connectivity index (χ4v) is 2.01. The lowest BCUT2D eigenvalue weighted by Crippen LogP contribution is -2.22. The molecule has 1 unspecified atom stereocenters. The second kappa shape index (κ2) is 6.72. The predicted octanol–water partition coefficient (Wildman–Crippen LogP) is 2.91. The number of nitrogens with zero attached hydrogens (tertiary/aromatic N) is 1. The van der Waals surface area contributed by atoms with Gasteiger partial charge in [0, 0.05) is 25.7 Å². The number of hydrogen-bond donors (Lipinski definition) is 1. The third-order valence-corrected chi connectivity index (χ3v) is 3.02. The van der Waals surface area contributed by atoms with E-state index in [1.54, 1.807) is 7.11 Å². The first kappa shape index (κ1) is 14.1. The number of ether oxygens (including phenoxy) is 1. The van der Waals surface area contributed by atoms with E-state index in [1.165, 1.54) is 0 Å². The molecule has 0 heterocycles. The van der Waals surface area contributed by atoms with Crippen molar-refractivity contribution in [3.05, 3.63) is 23.2 Å². The lowest BCUT2D eigenvalue weighted by atomic mass is 10.2. The maximum absolute atomic E-state index is 6.20. The fraction of sp³-hybridized carbons (Fsp3) is 0.538. The minimum atomic E-state index is 0.259. The molecule has 1 rings (SSSR count). The summed E-state index contributed by atoms with van der Waals surface area (Å²) >= 11 is 6.20. The van der Waals surface area contributed by atoms with Crippen molar-refractivity contribution in [2.75, 3.05) is 25.6 Å². The maximum atomic E-state index is 6.20. The van der Waals surface area contributed by atoms with Crippen LogP contribution in [0.4, 0.5) is 5.69 Å². The van der Waals surface area contributed by atoms with Crippen molar-refractivity contribution < 1.29 is 4.74 Å². The Morgan fingerprint density at radius 2 is 2.18 bits per heavy atom. The van der Waals surface area contributed by atoms with Crippen LogP contribution in [0.2, 0.25) is 5.02 Å². The number of hydrogen-bond acceptors (Lipinski definition) is 3. The standard InChI is InChI=1S/C13H21ClN2O/c1-10(15)5-4-8-16(2)13-7-6-11(17-3)9-12(13)14/h6-7,9-10H,4-5,8,15H2,1-3H3. The van der Waals surface area contributed by atoms with Crippen molar-refractivity contribution in [3.8, 4) is 5.75 Å². The highest BCUT2D eigenvalue weighted by molar-refractivity contribution is 6.33. The second-order valence-electron chi connectivity index (χ2n) is 4.36. The molecular formula is C13H21ClN2O. The Morgan fingerprint density at radius 1 is 1.47 bits per heavy atom. The zero-order valence-corrected chi connectivity index (χ0v) is 11.5. The highest BCUT2D eigenvalue weighted by Gasteiger charge is 2.07. The Kier molecular flexibility index (Phi) is 5.59. The van der Waals surface area contributed by atoms with Crippen LogP contribution in [-0.2, 0) is 0 Å². The van der Waals surface area contributed by atoms with Gasteiger partial charge in [0.2, 0.25) is 0 Å².